The molecule has 0 spiro atoms. The standard InChI is InChI=1S/C15H13Cl2FO/c16-13-6-3-4-10(15(13)17)8-11(9-19)12-5-1-2-7-14(12)18/h1-7,11,19H,8-9H2. The van der Waals surface area contributed by atoms with Crippen molar-refractivity contribution < 1.29 is 9.50 Å². The van der Waals surface area contributed by atoms with Crippen LogP contribution in [-0.2, 0) is 6.42 Å². The second kappa shape index (κ2) is 6.38. The quantitative estimate of drug-likeness (QED) is 0.884. The summed E-state index contributed by atoms with van der Waals surface area (Å²) in [6.45, 7) is -0.149. The SMILES string of the molecule is OCC(Cc1cccc(Cl)c1Cl)c1ccccc1F. The van der Waals surface area contributed by atoms with E-state index in [1.165, 1.54) is 6.07 Å². The minimum absolute atomic E-state index is 0.149. The fourth-order valence-corrected chi connectivity index (χ4v) is 2.45. The molecule has 0 aliphatic carbocycles. The summed E-state index contributed by atoms with van der Waals surface area (Å²) in [4.78, 5) is 0. The van der Waals surface area contributed by atoms with Gasteiger partial charge in [-0.2, -0.15) is 0 Å². The van der Waals surface area contributed by atoms with Crippen molar-refractivity contribution in [2.75, 3.05) is 6.61 Å². The van der Waals surface area contributed by atoms with Crippen molar-refractivity contribution in [3.05, 3.63) is 69.5 Å². The number of benzene rings is 2. The molecular formula is C15H13Cl2FO. The predicted molar refractivity (Wildman–Crippen MR) is 76.4 cm³/mol. The summed E-state index contributed by atoms with van der Waals surface area (Å²) in [6.07, 6.45) is 0.441. The van der Waals surface area contributed by atoms with E-state index in [1.807, 2.05) is 6.07 Å². The van der Waals surface area contributed by atoms with Crippen LogP contribution in [0.25, 0.3) is 0 Å². The molecule has 1 nitrogen and oxygen atoms in total. The average molecular weight is 299 g/mol. The van der Waals surface area contributed by atoms with Crippen LogP contribution in [0.3, 0.4) is 0 Å². The monoisotopic (exact) mass is 298 g/mol. The van der Waals surface area contributed by atoms with Crippen molar-refractivity contribution in [2.24, 2.45) is 0 Å². The summed E-state index contributed by atoms with van der Waals surface area (Å²) in [7, 11) is 0. The molecule has 100 valence electrons. The van der Waals surface area contributed by atoms with E-state index in [0.29, 0.717) is 22.0 Å². The van der Waals surface area contributed by atoms with E-state index < -0.39 is 0 Å². The molecule has 19 heavy (non-hydrogen) atoms. The molecule has 0 heterocycles. The van der Waals surface area contributed by atoms with Crippen LogP contribution < -0.4 is 0 Å². The molecule has 0 fully saturated rings. The highest BCUT2D eigenvalue weighted by atomic mass is 35.5. The lowest BCUT2D eigenvalue weighted by Crippen LogP contribution is -2.10. The molecule has 0 saturated heterocycles. The molecule has 1 atom stereocenters. The van der Waals surface area contributed by atoms with Gasteiger partial charge in [0.2, 0.25) is 0 Å². The van der Waals surface area contributed by atoms with Crippen LogP contribution in [0.4, 0.5) is 4.39 Å². The van der Waals surface area contributed by atoms with Crippen molar-refractivity contribution in [1.82, 2.24) is 0 Å². The Morgan fingerprint density at radius 1 is 1.05 bits per heavy atom. The summed E-state index contributed by atoms with van der Waals surface area (Å²) in [6, 6.07) is 11.8. The molecule has 0 bridgehead atoms. The molecule has 0 aromatic heterocycles. The number of hydrogen-bond acceptors (Lipinski definition) is 1. The molecule has 2 aromatic carbocycles. The van der Waals surface area contributed by atoms with Gasteiger partial charge in [-0.1, -0.05) is 53.5 Å². The number of aliphatic hydroxyl groups is 1. The molecule has 0 aliphatic rings. The Hall–Kier alpha value is -1.09. The largest absolute Gasteiger partial charge is 0.396 e. The van der Waals surface area contributed by atoms with Gasteiger partial charge in [0.25, 0.3) is 0 Å². The predicted octanol–water partition coefficient (Wildman–Crippen LogP) is 4.45. The first-order valence-electron chi connectivity index (χ1n) is 5.91. The Balaban J connectivity index is 2.30. The van der Waals surface area contributed by atoms with Crippen molar-refractivity contribution in [3.8, 4) is 0 Å². The van der Waals surface area contributed by atoms with E-state index in [2.05, 4.69) is 0 Å². The van der Waals surface area contributed by atoms with Crippen LogP contribution >= 0.6 is 23.2 Å². The maximum absolute atomic E-state index is 13.7. The summed E-state index contributed by atoms with van der Waals surface area (Å²) >= 11 is 12.1. The molecule has 2 rings (SSSR count). The smallest absolute Gasteiger partial charge is 0.126 e. The normalized spacial score (nSPS) is 12.4. The molecule has 0 aliphatic heterocycles. The molecule has 0 saturated carbocycles. The molecule has 0 radical (unpaired) electrons. The second-order valence-corrected chi connectivity index (χ2v) is 5.10. The van der Waals surface area contributed by atoms with Gasteiger partial charge in [0, 0.05) is 5.92 Å². The zero-order chi connectivity index (χ0) is 13.8. The van der Waals surface area contributed by atoms with E-state index in [-0.39, 0.29) is 18.3 Å². The van der Waals surface area contributed by atoms with E-state index in [1.54, 1.807) is 30.3 Å². The van der Waals surface area contributed by atoms with Gasteiger partial charge in [-0.05, 0) is 29.7 Å². The van der Waals surface area contributed by atoms with Crippen LogP contribution in [0.15, 0.2) is 42.5 Å². The number of halogens is 3. The third kappa shape index (κ3) is 3.27. The summed E-state index contributed by atoms with van der Waals surface area (Å²) in [5.41, 5.74) is 1.29. The van der Waals surface area contributed by atoms with Crippen LogP contribution in [0.1, 0.15) is 17.0 Å². The van der Waals surface area contributed by atoms with Gasteiger partial charge in [-0.3, -0.25) is 0 Å². The van der Waals surface area contributed by atoms with Gasteiger partial charge in [0.1, 0.15) is 5.82 Å². The lowest BCUT2D eigenvalue weighted by atomic mass is 9.92. The maximum atomic E-state index is 13.7. The highest BCUT2D eigenvalue weighted by Crippen LogP contribution is 2.30. The first-order valence-corrected chi connectivity index (χ1v) is 6.67. The van der Waals surface area contributed by atoms with Gasteiger partial charge in [-0.25, -0.2) is 4.39 Å². The number of aliphatic hydroxyl groups excluding tert-OH is 1. The van der Waals surface area contributed by atoms with Crippen molar-refractivity contribution in [3.63, 3.8) is 0 Å². The Kier molecular flexibility index (Phi) is 4.81. The highest BCUT2D eigenvalue weighted by molar-refractivity contribution is 6.42. The van der Waals surface area contributed by atoms with Gasteiger partial charge in [0.05, 0.1) is 16.7 Å². The second-order valence-electron chi connectivity index (χ2n) is 4.32. The Morgan fingerprint density at radius 2 is 1.79 bits per heavy atom. The average Bonchev–Trinajstić information content (AvgIpc) is 2.41. The third-order valence-corrected chi connectivity index (χ3v) is 3.92. The molecule has 4 heteroatoms. The summed E-state index contributed by atoms with van der Waals surface area (Å²) in [5, 5.41) is 10.4. The zero-order valence-electron chi connectivity index (χ0n) is 10.1. The van der Waals surface area contributed by atoms with Gasteiger partial charge >= 0.3 is 0 Å². The van der Waals surface area contributed by atoms with Gasteiger partial charge in [0.15, 0.2) is 0 Å². The van der Waals surface area contributed by atoms with Crippen LogP contribution in [-0.4, -0.2) is 11.7 Å². The molecule has 0 amide bonds. The minimum atomic E-state index is -0.336. The topological polar surface area (TPSA) is 20.2 Å². The Morgan fingerprint density at radius 3 is 2.47 bits per heavy atom. The third-order valence-electron chi connectivity index (χ3n) is 3.06. The molecular weight excluding hydrogens is 286 g/mol. The first-order chi connectivity index (χ1) is 9.13. The Labute approximate surface area is 121 Å². The fraction of sp³-hybridized carbons (Fsp3) is 0.200. The van der Waals surface area contributed by atoms with Crippen molar-refractivity contribution in [2.45, 2.75) is 12.3 Å². The van der Waals surface area contributed by atoms with Crippen molar-refractivity contribution >= 4 is 23.2 Å². The maximum Gasteiger partial charge on any atom is 0.126 e. The first kappa shape index (κ1) is 14.3. The number of rotatable bonds is 4. The van der Waals surface area contributed by atoms with Crippen LogP contribution in [0.5, 0.6) is 0 Å². The van der Waals surface area contributed by atoms with E-state index in [0.717, 1.165) is 5.56 Å². The summed E-state index contributed by atoms with van der Waals surface area (Å²) < 4.78 is 13.7. The summed E-state index contributed by atoms with van der Waals surface area (Å²) in [5.74, 6) is -0.656. The lowest BCUT2D eigenvalue weighted by Gasteiger charge is -2.16. The zero-order valence-corrected chi connectivity index (χ0v) is 11.6. The minimum Gasteiger partial charge on any atom is -0.396 e. The van der Waals surface area contributed by atoms with E-state index in [9.17, 15) is 9.50 Å². The number of hydrogen-bond donors (Lipinski definition) is 1. The fourth-order valence-electron chi connectivity index (χ4n) is 2.05. The van der Waals surface area contributed by atoms with Crippen LogP contribution in [0.2, 0.25) is 10.0 Å². The molecule has 1 unspecified atom stereocenters. The highest BCUT2D eigenvalue weighted by Gasteiger charge is 2.17. The Bertz CT molecular complexity index is 572. The van der Waals surface area contributed by atoms with Gasteiger partial charge in [-0.15, -0.1) is 0 Å². The molecule has 2 aromatic rings. The lowest BCUT2D eigenvalue weighted by molar-refractivity contribution is 0.262. The van der Waals surface area contributed by atoms with Crippen LogP contribution in [0, 0.1) is 5.82 Å². The van der Waals surface area contributed by atoms with E-state index >= 15 is 0 Å². The van der Waals surface area contributed by atoms with Crippen molar-refractivity contribution in [1.29, 1.82) is 0 Å². The van der Waals surface area contributed by atoms with E-state index in [4.69, 9.17) is 23.2 Å². The van der Waals surface area contributed by atoms with Gasteiger partial charge < -0.3 is 5.11 Å². The molecule has 1 N–H and O–H groups in total.